The number of amides is 1. The van der Waals surface area contributed by atoms with E-state index in [2.05, 4.69) is 41.0 Å². The molecule has 0 bridgehead atoms. The number of imidazole rings is 1. The third-order valence-corrected chi connectivity index (χ3v) is 5.67. The number of carbonyl (C=O) groups excluding carboxylic acids is 1. The molecule has 30 heavy (non-hydrogen) atoms. The van der Waals surface area contributed by atoms with Gasteiger partial charge in [0, 0.05) is 17.7 Å². The van der Waals surface area contributed by atoms with Crippen molar-refractivity contribution >= 4 is 23.0 Å². The predicted octanol–water partition coefficient (Wildman–Crippen LogP) is 4.56. The van der Waals surface area contributed by atoms with Crippen LogP contribution >= 0.6 is 0 Å². The van der Waals surface area contributed by atoms with E-state index < -0.39 is 5.91 Å². The summed E-state index contributed by atoms with van der Waals surface area (Å²) in [7, 11) is 0. The molecule has 1 amide bonds. The molecule has 5 nitrogen and oxygen atoms in total. The van der Waals surface area contributed by atoms with Crippen molar-refractivity contribution in [3.63, 3.8) is 0 Å². The summed E-state index contributed by atoms with van der Waals surface area (Å²) in [5.41, 5.74) is 8.38. The molecule has 1 aliphatic carbocycles. The van der Waals surface area contributed by atoms with E-state index in [0.29, 0.717) is 6.04 Å². The zero-order chi connectivity index (χ0) is 20.5. The molecule has 0 fully saturated rings. The van der Waals surface area contributed by atoms with E-state index in [-0.39, 0.29) is 0 Å². The number of nitrogens with zero attached hydrogens (tertiary/aromatic N) is 2. The number of hydrogen-bond donors (Lipinski definition) is 2. The van der Waals surface area contributed by atoms with Gasteiger partial charge in [0.05, 0.1) is 11.0 Å². The van der Waals surface area contributed by atoms with E-state index in [0.717, 1.165) is 40.8 Å². The van der Waals surface area contributed by atoms with Gasteiger partial charge in [0.2, 0.25) is 0 Å². The van der Waals surface area contributed by atoms with Gasteiger partial charge in [-0.3, -0.25) is 10.0 Å². The van der Waals surface area contributed by atoms with Crippen LogP contribution in [0.1, 0.15) is 22.7 Å². The second-order valence-electron chi connectivity index (χ2n) is 7.56. The molecule has 5 rings (SSSR count). The molecule has 0 aliphatic heterocycles. The van der Waals surface area contributed by atoms with Crippen molar-refractivity contribution in [1.82, 2.24) is 15.0 Å². The Kier molecular flexibility index (Phi) is 4.65. The fraction of sp³-hybridized carbons (Fsp3) is 0.120. The molecule has 0 saturated heterocycles. The normalized spacial score (nSPS) is 13.8. The highest BCUT2D eigenvalue weighted by molar-refractivity contribution is 5.91. The molecule has 0 saturated carbocycles. The fourth-order valence-corrected chi connectivity index (χ4v) is 4.33. The molecule has 0 spiro atoms. The second-order valence-corrected chi connectivity index (χ2v) is 7.56. The lowest BCUT2D eigenvalue weighted by molar-refractivity contribution is -0.124. The van der Waals surface area contributed by atoms with E-state index in [4.69, 9.17) is 10.2 Å². The number of para-hydroxylation sites is 2. The first-order chi connectivity index (χ1) is 14.7. The van der Waals surface area contributed by atoms with Crippen LogP contribution in [0.5, 0.6) is 0 Å². The third-order valence-electron chi connectivity index (χ3n) is 5.67. The van der Waals surface area contributed by atoms with Crippen molar-refractivity contribution in [3.05, 3.63) is 95.6 Å². The quantitative estimate of drug-likeness (QED) is 0.302. The average molecular weight is 395 g/mol. The van der Waals surface area contributed by atoms with Crippen molar-refractivity contribution in [2.75, 3.05) is 0 Å². The van der Waals surface area contributed by atoms with Crippen molar-refractivity contribution in [2.24, 2.45) is 0 Å². The molecular formula is C25H21N3O2. The minimum Gasteiger partial charge on any atom is -0.320 e. The smallest absolute Gasteiger partial charge is 0.267 e. The van der Waals surface area contributed by atoms with Crippen LogP contribution in [0.4, 0.5) is 0 Å². The minimum atomic E-state index is -0.559. The molecule has 0 atom stereocenters. The lowest BCUT2D eigenvalue weighted by Crippen LogP contribution is -2.14. The number of hydrogen-bond acceptors (Lipinski definition) is 3. The van der Waals surface area contributed by atoms with Gasteiger partial charge in [-0.05, 0) is 53.8 Å². The summed E-state index contributed by atoms with van der Waals surface area (Å²) in [5, 5.41) is 8.69. The van der Waals surface area contributed by atoms with Crippen molar-refractivity contribution in [2.45, 2.75) is 18.9 Å². The summed E-state index contributed by atoms with van der Waals surface area (Å²) in [6.45, 7) is 0. The molecule has 4 aromatic rings. The molecule has 2 N–H and O–H groups in total. The van der Waals surface area contributed by atoms with Gasteiger partial charge in [0.25, 0.3) is 5.91 Å². The highest BCUT2D eigenvalue weighted by Gasteiger charge is 2.26. The second kappa shape index (κ2) is 7.61. The van der Waals surface area contributed by atoms with E-state index >= 15 is 0 Å². The van der Waals surface area contributed by atoms with Crippen LogP contribution < -0.4 is 5.48 Å². The van der Waals surface area contributed by atoms with Gasteiger partial charge in [-0.1, -0.05) is 54.6 Å². The van der Waals surface area contributed by atoms with Crippen molar-refractivity contribution < 1.29 is 10.0 Å². The third kappa shape index (κ3) is 3.29. The maximum absolute atomic E-state index is 11.3. The maximum Gasteiger partial charge on any atom is 0.267 e. The number of nitrogens with one attached hydrogen (secondary N) is 1. The Hall–Kier alpha value is -3.70. The van der Waals surface area contributed by atoms with E-state index in [1.807, 2.05) is 36.4 Å². The summed E-state index contributed by atoms with van der Waals surface area (Å²) < 4.78 is 2.36. The Labute approximate surface area is 174 Å². The molecule has 1 aliphatic rings. The fourth-order valence-electron chi connectivity index (χ4n) is 4.33. The van der Waals surface area contributed by atoms with Gasteiger partial charge in [0.1, 0.15) is 5.82 Å². The number of carbonyl (C=O) groups is 1. The largest absolute Gasteiger partial charge is 0.320 e. The molecule has 0 radical (unpaired) electrons. The summed E-state index contributed by atoms with van der Waals surface area (Å²) >= 11 is 0. The number of aromatic nitrogens is 2. The van der Waals surface area contributed by atoms with E-state index in [1.165, 1.54) is 17.2 Å². The van der Waals surface area contributed by atoms with Gasteiger partial charge < -0.3 is 4.57 Å². The SMILES string of the molecule is O=C(/C=C/c1cccc(-c2nc3ccccc3n2C2Cc3ccccc3C2)c1)NO. The lowest BCUT2D eigenvalue weighted by Gasteiger charge is -2.17. The molecule has 3 aromatic carbocycles. The number of benzene rings is 3. The monoisotopic (exact) mass is 395 g/mol. The van der Waals surface area contributed by atoms with Gasteiger partial charge in [-0.25, -0.2) is 10.5 Å². The molecule has 0 unspecified atom stereocenters. The van der Waals surface area contributed by atoms with Crippen LogP contribution in [0, 0.1) is 0 Å². The highest BCUT2D eigenvalue weighted by Crippen LogP contribution is 2.36. The Morgan fingerprint density at radius 2 is 1.73 bits per heavy atom. The number of fused-ring (bicyclic) bond motifs is 2. The Balaban J connectivity index is 1.60. The van der Waals surface area contributed by atoms with Crippen LogP contribution in [-0.2, 0) is 17.6 Å². The first kappa shape index (κ1) is 18.3. The van der Waals surface area contributed by atoms with Gasteiger partial charge in [0.15, 0.2) is 0 Å². The molecule has 1 heterocycles. The Morgan fingerprint density at radius 3 is 2.50 bits per heavy atom. The highest BCUT2D eigenvalue weighted by atomic mass is 16.5. The minimum absolute atomic E-state index is 0.309. The summed E-state index contributed by atoms with van der Waals surface area (Å²) in [4.78, 5) is 16.3. The van der Waals surface area contributed by atoms with Crippen LogP contribution in [0.25, 0.3) is 28.5 Å². The Bertz CT molecular complexity index is 1250. The first-order valence-electron chi connectivity index (χ1n) is 9.99. The average Bonchev–Trinajstić information content (AvgIpc) is 3.38. The lowest BCUT2D eigenvalue weighted by atomic mass is 10.1. The van der Waals surface area contributed by atoms with Crippen LogP contribution in [0.15, 0.2) is 78.9 Å². The van der Waals surface area contributed by atoms with Crippen molar-refractivity contribution in [1.29, 1.82) is 0 Å². The zero-order valence-electron chi connectivity index (χ0n) is 16.3. The number of hydroxylamine groups is 1. The maximum atomic E-state index is 11.3. The molecule has 5 heteroatoms. The predicted molar refractivity (Wildman–Crippen MR) is 117 cm³/mol. The summed E-state index contributed by atoms with van der Waals surface area (Å²) in [6, 6.07) is 25.1. The standard InChI is InChI=1S/C25H21N3O2/c29-24(27-30)13-12-17-6-5-9-20(14-17)25-26-22-10-3-4-11-23(22)28(25)21-15-18-7-1-2-8-19(18)16-21/h1-14,21,30H,15-16H2,(H,27,29)/b13-12+. The van der Waals surface area contributed by atoms with Crippen LogP contribution in [-0.4, -0.2) is 20.7 Å². The summed E-state index contributed by atoms with van der Waals surface area (Å²) in [5.74, 6) is 0.368. The Morgan fingerprint density at radius 1 is 1.00 bits per heavy atom. The molecular weight excluding hydrogens is 374 g/mol. The van der Waals surface area contributed by atoms with Gasteiger partial charge >= 0.3 is 0 Å². The zero-order valence-corrected chi connectivity index (χ0v) is 16.3. The topological polar surface area (TPSA) is 67.2 Å². The van der Waals surface area contributed by atoms with Crippen molar-refractivity contribution in [3.8, 4) is 11.4 Å². The van der Waals surface area contributed by atoms with Crippen LogP contribution in [0.3, 0.4) is 0 Å². The first-order valence-corrected chi connectivity index (χ1v) is 9.99. The van der Waals surface area contributed by atoms with Gasteiger partial charge in [-0.2, -0.15) is 0 Å². The van der Waals surface area contributed by atoms with Crippen LogP contribution in [0.2, 0.25) is 0 Å². The molecule has 148 valence electrons. The van der Waals surface area contributed by atoms with Gasteiger partial charge in [-0.15, -0.1) is 0 Å². The van der Waals surface area contributed by atoms with E-state index in [9.17, 15) is 4.79 Å². The summed E-state index contributed by atoms with van der Waals surface area (Å²) in [6.07, 6.45) is 4.95. The number of rotatable bonds is 4. The van der Waals surface area contributed by atoms with E-state index in [1.54, 1.807) is 11.6 Å². The molecule has 1 aromatic heterocycles.